The minimum atomic E-state index is -3.68. The lowest BCUT2D eigenvalue weighted by molar-refractivity contribution is -0.173. The van der Waals surface area contributed by atoms with Crippen LogP contribution in [0.4, 0.5) is 8.78 Å². The average molecular weight is 202 g/mol. The Morgan fingerprint density at radius 1 is 1.50 bits per heavy atom. The number of carbonyl (C=O) groups excluding carboxylic acids is 1. The first-order valence-corrected chi connectivity index (χ1v) is 3.89. The van der Waals surface area contributed by atoms with Crippen LogP contribution >= 0.6 is 0 Å². The van der Waals surface area contributed by atoms with Gasteiger partial charge in [0.2, 0.25) is 0 Å². The van der Waals surface area contributed by atoms with Gasteiger partial charge in [0, 0.05) is 12.4 Å². The molecule has 0 bridgehead atoms. The van der Waals surface area contributed by atoms with E-state index in [1.54, 1.807) is 0 Å². The van der Waals surface area contributed by atoms with Gasteiger partial charge in [-0.3, -0.25) is 0 Å². The second-order valence-electron chi connectivity index (χ2n) is 2.42. The van der Waals surface area contributed by atoms with Gasteiger partial charge in [0.15, 0.2) is 0 Å². The molecule has 76 valence electrons. The van der Waals surface area contributed by atoms with Gasteiger partial charge >= 0.3 is 11.9 Å². The predicted octanol–water partition coefficient (Wildman–Crippen LogP) is 1.13. The third kappa shape index (κ3) is 2.01. The van der Waals surface area contributed by atoms with Crippen LogP contribution in [0.25, 0.3) is 0 Å². The summed E-state index contributed by atoms with van der Waals surface area (Å²) in [5.74, 6) is -5.27. The molecule has 0 radical (unpaired) electrons. The van der Waals surface area contributed by atoms with Crippen molar-refractivity contribution in [2.75, 3.05) is 6.61 Å². The molecule has 0 atom stereocenters. The Balaban J connectivity index is 2.90. The van der Waals surface area contributed by atoms with E-state index in [1.807, 2.05) is 0 Å². The number of carbonyl (C=O) groups is 1. The lowest BCUT2D eigenvalue weighted by Gasteiger charge is -2.13. The standard InChI is InChI=1S/C8H8F2N2O2/c1-2-14-7(13)8(9,10)6-3-11-5-12-4-6/h3-5H,2H2,1H3. The fourth-order valence-corrected chi connectivity index (χ4v) is 0.801. The third-order valence-electron chi connectivity index (χ3n) is 1.45. The van der Waals surface area contributed by atoms with E-state index in [0.29, 0.717) is 0 Å². The number of hydrogen-bond donors (Lipinski definition) is 0. The molecule has 0 aromatic carbocycles. The Morgan fingerprint density at radius 3 is 2.57 bits per heavy atom. The summed E-state index contributed by atoms with van der Waals surface area (Å²) in [7, 11) is 0. The first-order chi connectivity index (χ1) is 6.59. The fraction of sp³-hybridized carbons (Fsp3) is 0.375. The summed E-state index contributed by atoms with van der Waals surface area (Å²) in [4.78, 5) is 17.6. The zero-order chi connectivity index (χ0) is 10.6. The zero-order valence-electron chi connectivity index (χ0n) is 7.41. The largest absolute Gasteiger partial charge is 0.461 e. The Labute approximate surface area is 78.9 Å². The molecule has 1 rings (SSSR count). The number of nitrogens with zero attached hydrogens (tertiary/aromatic N) is 2. The summed E-state index contributed by atoms with van der Waals surface area (Å²) < 4.78 is 30.6. The SMILES string of the molecule is CCOC(=O)C(F)(F)c1cncnc1. The number of halogens is 2. The Bertz CT molecular complexity index is 316. The molecular weight excluding hydrogens is 194 g/mol. The van der Waals surface area contributed by atoms with Gasteiger partial charge in [-0.1, -0.05) is 0 Å². The molecule has 0 unspecified atom stereocenters. The quantitative estimate of drug-likeness (QED) is 0.689. The topological polar surface area (TPSA) is 52.1 Å². The molecule has 4 nitrogen and oxygen atoms in total. The van der Waals surface area contributed by atoms with Crippen molar-refractivity contribution < 1.29 is 18.3 Å². The minimum absolute atomic E-state index is 0.0951. The van der Waals surface area contributed by atoms with Crippen LogP contribution in [0, 0.1) is 0 Å². The molecule has 0 aliphatic heterocycles. The third-order valence-corrected chi connectivity index (χ3v) is 1.45. The van der Waals surface area contributed by atoms with Gasteiger partial charge in [0.05, 0.1) is 12.2 Å². The van der Waals surface area contributed by atoms with Crippen molar-refractivity contribution in [1.29, 1.82) is 0 Å². The van der Waals surface area contributed by atoms with E-state index in [-0.39, 0.29) is 6.61 Å². The van der Waals surface area contributed by atoms with Crippen LogP contribution in [0.15, 0.2) is 18.7 Å². The summed E-state index contributed by atoms with van der Waals surface area (Å²) in [6.45, 7) is 1.36. The van der Waals surface area contributed by atoms with Gasteiger partial charge in [-0.2, -0.15) is 8.78 Å². The molecule has 14 heavy (non-hydrogen) atoms. The van der Waals surface area contributed by atoms with Gasteiger partial charge in [-0.25, -0.2) is 14.8 Å². The van der Waals surface area contributed by atoms with Crippen molar-refractivity contribution in [3.63, 3.8) is 0 Å². The summed E-state index contributed by atoms with van der Waals surface area (Å²) in [5.41, 5.74) is -0.571. The van der Waals surface area contributed by atoms with Crippen LogP contribution in [0.1, 0.15) is 12.5 Å². The van der Waals surface area contributed by atoms with E-state index in [2.05, 4.69) is 14.7 Å². The molecule has 0 aliphatic carbocycles. The number of aromatic nitrogens is 2. The van der Waals surface area contributed by atoms with Gasteiger partial charge in [0.25, 0.3) is 0 Å². The lowest BCUT2D eigenvalue weighted by Crippen LogP contribution is -2.28. The Hall–Kier alpha value is -1.59. The molecule has 0 saturated carbocycles. The molecule has 1 aromatic rings. The Kier molecular flexibility index (Phi) is 3.06. The van der Waals surface area contributed by atoms with Crippen molar-refractivity contribution in [3.8, 4) is 0 Å². The van der Waals surface area contributed by atoms with Crippen LogP contribution in [-0.4, -0.2) is 22.5 Å². The summed E-state index contributed by atoms with van der Waals surface area (Å²) >= 11 is 0. The highest BCUT2D eigenvalue weighted by atomic mass is 19.3. The first kappa shape index (κ1) is 10.5. The maximum Gasteiger partial charge on any atom is 0.382 e. The average Bonchev–Trinajstić information content (AvgIpc) is 2.19. The van der Waals surface area contributed by atoms with E-state index in [4.69, 9.17) is 0 Å². The van der Waals surface area contributed by atoms with Crippen molar-refractivity contribution in [2.45, 2.75) is 12.8 Å². The van der Waals surface area contributed by atoms with Crippen LogP contribution < -0.4 is 0 Å². The molecule has 0 spiro atoms. The number of hydrogen-bond acceptors (Lipinski definition) is 4. The van der Waals surface area contributed by atoms with Crippen molar-refractivity contribution >= 4 is 5.97 Å². The van der Waals surface area contributed by atoms with E-state index in [0.717, 1.165) is 18.7 Å². The number of ether oxygens (including phenoxy) is 1. The zero-order valence-corrected chi connectivity index (χ0v) is 7.41. The maximum absolute atomic E-state index is 13.2. The molecule has 0 N–H and O–H groups in total. The monoisotopic (exact) mass is 202 g/mol. The normalized spacial score (nSPS) is 11.1. The lowest BCUT2D eigenvalue weighted by atomic mass is 10.2. The highest BCUT2D eigenvalue weighted by Crippen LogP contribution is 2.27. The summed E-state index contributed by atoms with van der Waals surface area (Å²) in [5, 5.41) is 0. The Morgan fingerprint density at radius 2 is 2.07 bits per heavy atom. The van der Waals surface area contributed by atoms with Crippen LogP contribution in [-0.2, 0) is 15.5 Å². The van der Waals surface area contributed by atoms with Crippen molar-refractivity contribution in [3.05, 3.63) is 24.3 Å². The second kappa shape index (κ2) is 4.08. The summed E-state index contributed by atoms with van der Waals surface area (Å²) in [6.07, 6.45) is 2.86. The molecule has 0 saturated heterocycles. The van der Waals surface area contributed by atoms with Crippen LogP contribution in [0.3, 0.4) is 0 Å². The minimum Gasteiger partial charge on any atom is -0.461 e. The van der Waals surface area contributed by atoms with Gasteiger partial charge < -0.3 is 4.74 Å². The number of rotatable bonds is 3. The van der Waals surface area contributed by atoms with Crippen LogP contribution in [0.2, 0.25) is 0 Å². The smallest absolute Gasteiger partial charge is 0.382 e. The molecule has 1 heterocycles. The molecule has 0 amide bonds. The fourth-order valence-electron chi connectivity index (χ4n) is 0.801. The first-order valence-electron chi connectivity index (χ1n) is 3.89. The van der Waals surface area contributed by atoms with Gasteiger partial charge in [-0.15, -0.1) is 0 Å². The second-order valence-corrected chi connectivity index (χ2v) is 2.42. The van der Waals surface area contributed by atoms with Crippen molar-refractivity contribution in [1.82, 2.24) is 9.97 Å². The number of esters is 1. The van der Waals surface area contributed by atoms with E-state index >= 15 is 0 Å². The van der Waals surface area contributed by atoms with Crippen molar-refractivity contribution in [2.24, 2.45) is 0 Å². The van der Waals surface area contributed by atoms with E-state index < -0.39 is 17.5 Å². The van der Waals surface area contributed by atoms with Gasteiger partial charge in [0.1, 0.15) is 6.33 Å². The highest BCUT2D eigenvalue weighted by Gasteiger charge is 2.43. The molecule has 0 aliphatic rings. The summed E-state index contributed by atoms with van der Waals surface area (Å²) in [6, 6.07) is 0. The molecule has 1 aromatic heterocycles. The van der Waals surface area contributed by atoms with E-state index in [1.165, 1.54) is 6.92 Å². The number of alkyl halides is 2. The van der Waals surface area contributed by atoms with Crippen LogP contribution in [0.5, 0.6) is 0 Å². The molecule has 0 fully saturated rings. The molecular formula is C8H8F2N2O2. The highest BCUT2D eigenvalue weighted by molar-refractivity contribution is 5.79. The maximum atomic E-state index is 13.2. The molecule has 6 heteroatoms. The predicted molar refractivity (Wildman–Crippen MR) is 42.6 cm³/mol. The van der Waals surface area contributed by atoms with Gasteiger partial charge in [-0.05, 0) is 6.92 Å². The van der Waals surface area contributed by atoms with E-state index in [9.17, 15) is 13.6 Å².